The fourth-order valence-corrected chi connectivity index (χ4v) is 3.72. The Kier molecular flexibility index (Phi) is 6.28. The fourth-order valence-electron chi connectivity index (χ4n) is 3.72. The first-order valence-electron chi connectivity index (χ1n) is 9.03. The number of phenolic OH excluding ortho intramolecular Hbond substituents is 2. The summed E-state index contributed by atoms with van der Waals surface area (Å²) >= 11 is 0. The highest BCUT2D eigenvalue weighted by Crippen LogP contribution is 2.41. The van der Waals surface area contributed by atoms with Gasteiger partial charge in [-0.15, -0.1) is 0 Å². The molecule has 2 aromatic carbocycles. The zero-order valence-electron chi connectivity index (χ0n) is 16.2. The number of benzene rings is 2. The maximum Gasteiger partial charge on any atom is 0.160 e. The van der Waals surface area contributed by atoms with Crippen LogP contribution in [-0.4, -0.2) is 49.5 Å². The van der Waals surface area contributed by atoms with Crippen molar-refractivity contribution in [1.29, 1.82) is 0 Å². The van der Waals surface area contributed by atoms with E-state index in [4.69, 9.17) is 18.9 Å². The second-order valence-corrected chi connectivity index (χ2v) is 6.85. The molecule has 0 unspecified atom stereocenters. The Hall–Kier alpha value is -2.48. The minimum absolute atomic E-state index is 0.0172. The smallest absolute Gasteiger partial charge is 0.160 e. The summed E-state index contributed by atoms with van der Waals surface area (Å²) in [7, 11) is 4.54. The highest BCUT2D eigenvalue weighted by Gasteiger charge is 2.42. The van der Waals surface area contributed by atoms with E-state index in [9.17, 15) is 15.3 Å². The number of hydrogen-bond donors (Lipinski definition) is 3. The third-order valence-corrected chi connectivity index (χ3v) is 5.25. The molecule has 1 heterocycles. The van der Waals surface area contributed by atoms with E-state index in [0.29, 0.717) is 30.1 Å². The normalized spacial score (nSPS) is 22.8. The van der Waals surface area contributed by atoms with Gasteiger partial charge in [-0.2, -0.15) is 0 Å². The van der Waals surface area contributed by atoms with E-state index in [-0.39, 0.29) is 23.3 Å². The first-order chi connectivity index (χ1) is 13.5. The van der Waals surface area contributed by atoms with E-state index in [1.54, 1.807) is 31.4 Å². The molecule has 2 aromatic rings. The summed E-state index contributed by atoms with van der Waals surface area (Å²) in [5, 5.41) is 30.6. The molecule has 0 radical (unpaired) electrons. The van der Waals surface area contributed by atoms with Gasteiger partial charge < -0.3 is 34.3 Å². The Labute approximate surface area is 164 Å². The summed E-state index contributed by atoms with van der Waals surface area (Å²) in [4.78, 5) is 0. The molecule has 0 spiro atoms. The van der Waals surface area contributed by atoms with Crippen LogP contribution in [0.5, 0.6) is 23.0 Å². The zero-order chi connectivity index (χ0) is 20.3. The van der Waals surface area contributed by atoms with Crippen molar-refractivity contribution in [1.82, 2.24) is 0 Å². The van der Waals surface area contributed by atoms with Gasteiger partial charge in [0.05, 0.1) is 26.9 Å². The van der Waals surface area contributed by atoms with Crippen molar-refractivity contribution in [3.8, 4) is 23.0 Å². The topological polar surface area (TPSA) is 97.6 Å². The molecule has 7 heteroatoms. The van der Waals surface area contributed by atoms with Gasteiger partial charge in [0.2, 0.25) is 0 Å². The number of rotatable bonds is 7. The maximum absolute atomic E-state index is 11.0. The van der Waals surface area contributed by atoms with Crippen LogP contribution >= 0.6 is 0 Å². The van der Waals surface area contributed by atoms with Gasteiger partial charge in [-0.1, -0.05) is 12.1 Å². The van der Waals surface area contributed by atoms with Crippen molar-refractivity contribution < 1.29 is 34.3 Å². The standard InChI is InChI=1S/C21H26O7/c1-25-18-9-12(4-6-16(18)22)8-14-15(11-28-21(14)27-3)20(24)13-5-7-17(23)19(10-13)26-2/h4-7,9-10,14-15,20-24H,8,11H2,1-3H3/t14-,15-,20-,21-/m0/s1. The molecule has 0 aliphatic carbocycles. The second-order valence-electron chi connectivity index (χ2n) is 6.85. The van der Waals surface area contributed by atoms with Crippen LogP contribution in [0.2, 0.25) is 0 Å². The molecule has 1 aliphatic heterocycles. The van der Waals surface area contributed by atoms with E-state index in [2.05, 4.69) is 0 Å². The van der Waals surface area contributed by atoms with Crippen LogP contribution in [0.3, 0.4) is 0 Å². The molecule has 7 nitrogen and oxygen atoms in total. The third-order valence-electron chi connectivity index (χ3n) is 5.25. The average Bonchev–Trinajstić information content (AvgIpc) is 3.11. The lowest BCUT2D eigenvalue weighted by molar-refractivity contribution is -0.110. The highest BCUT2D eigenvalue weighted by atomic mass is 16.7. The molecule has 0 bridgehead atoms. The molecular weight excluding hydrogens is 364 g/mol. The Bertz CT molecular complexity index is 807. The van der Waals surface area contributed by atoms with E-state index >= 15 is 0 Å². The van der Waals surface area contributed by atoms with Gasteiger partial charge in [0.15, 0.2) is 29.3 Å². The summed E-state index contributed by atoms with van der Waals surface area (Å²) in [6.45, 7) is 0.336. The third kappa shape index (κ3) is 4.01. The Morgan fingerprint density at radius 3 is 2.29 bits per heavy atom. The molecule has 3 N–H and O–H groups in total. The minimum atomic E-state index is -0.821. The SMILES string of the molecule is COc1cc(C[C@@H]2[C@@H](OC)OC[C@@H]2[C@@H](O)c2ccc(O)c(OC)c2)ccc1O. The van der Waals surface area contributed by atoms with Gasteiger partial charge in [-0.3, -0.25) is 0 Å². The average molecular weight is 390 g/mol. The highest BCUT2D eigenvalue weighted by molar-refractivity contribution is 5.43. The predicted molar refractivity (Wildman–Crippen MR) is 102 cm³/mol. The van der Waals surface area contributed by atoms with Crippen molar-refractivity contribution in [2.24, 2.45) is 11.8 Å². The van der Waals surface area contributed by atoms with Crippen LogP contribution in [-0.2, 0) is 15.9 Å². The van der Waals surface area contributed by atoms with Crippen molar-refractivity contribution in [2.45, 2.75) is 18.8 Å². The van der Waals surface area contributed by atoms with Gasteiger partial charge >= 0.3 is 0 Å². The summed E-state index contributed by atoms with van der Waals surface area (Å²) in [6, 6.07) is 9.97. The molecule has 3 rings (SSSR count). The number of phenols is 2. The van der Waals surface area contributed by atoms with Crippen LogP contribution in [0.4, 0.5) is 0 Å². The first-order valence-corrected chi connectivity index (χ1v) is 9.03. The van der Waals surface area contributed by atoms with E-state index < -0.39 is 12.4 Å². The van der Waals surface area contributed by atoms with E-state index in [1.807, 2.05) is 6.07 Å². The summed E-state index contributed by atoms with van der Waals surface area (Å²) in [5.41, 5.74) is 1.57. The number of hydrogen-bond acceptors (Lipinski definition) is 7. The van der Waals surface area contributed by atoms with Gasteiger partial charge in [0.1, 0.15) is 0 Å². The Morgan fingerprint density at radius 1 is 1.00 bits per heavy atom. The first kappa shape index (κ1) is 20.3. The van der Waals surface area contributed by atoms with Crippen molar-refractivity contribution in [3.05, 3.63) is 47.5 Å². The number of aromatic hydroxyl groups is 2. The van der Waals surface area contributed by atoms with Gasteiger partial charge in [-0.05, 0) is 41.8 Å². The molecular formula is C21H26O7. The Balaban J connectivity index is 1.85. The van der Waals surface area contributed by atoms with Crippen molar-refractivity contribution in [3.63, 3.8) is 0 Å². The van der Waals surface area contributed by atoms with Gasteiger partial charge in [0.25, 0.3) is 0 Å². The molecule has 28 heavy (non-hydrogen) atoms. The summed E-state index contributed by atoms with van der Waals surface area (Å²) in [5.74, 6) is 0.450. The number of ether oxygens (including phenoxy) is 4. The van der Waals surface area contributed by atoms with Gasteiger partial charge in [-0.25, -0.2) is 0 Å². The molecule has 1 fully saturated rings. The molecule has 0 saturated carbocycles. The minimum Gasteiger partial charge on any atom is -0.504 e. The predicted octanol–water partition coefficient (Wildman–Crippen LogP) is 2.63. The lowest BCUT2D eigenvalue weighted by Crippen LogP contribution is -2.28. The number of methoxy groups -OCH3 is 3. The molecule has 152 valence electrons. The number of aliphatic hydroxyl groups excluding tert-OH is 1. The quantitative estimate of drug-likeness (QED) is 0.669. The van der Waals surface area contributed by atoms with Crippen LogP contribution in [0, 0.1) is 11.8 Å². The van der Waals surface area contributed by atoms with E-state index in [1.165, 1.54) is 20.3 Å². The Morgan fingerprint density at radius 2 is 1.64 bits per heavy atom. The van der Waals surface area contributed by atoms with Gasteiger partial charge in [0, 0.05) is 18.9 Å². The van der Waals surface area contributed by atoms with Crippen molar-refractivity contribution in [2.75, 3.05) is 27.9 Å². The lowest BCUT2D eigenvalue weighted by atomic mass is 9.82. The molecule has 0 aromatic heterocycles. The molecule has 4 atom stereocenters. The van der Waals surface area contributed by atoms with Crippen LogP contribution in [0.1, 0.15) is 17.2 Å². The molecule has 1 saturated heterocycles. The monoisotopic (exact) mass is 390 g/mol. The molecule has 0 amide bonds. The maximum atomic E-state index is 11.0. The fraction of sp³-hybridized carbons (Fsp3) is 0.429. The largest absolute Gasteiger partial charge is 0.504 e. The summed E-state index contributed by atoms with van der Waals surface area (Å²) in [6.07, 6.45) is -0.705. The van der Waals surface area contributed by atoms with Crippen LogP contribution in [0.15, 0.2) is 36.4 Å². The summed E-state index contributed by atoms with van der Waals surface area (Å²) < 4.78 is 21.6. The van der Waals surface area contributed by atoms with Crippen LogP contribution < -0.4 is 9.47 Å². The number of aliphatic hydroxyl groups is 1. The zero-order valence-corrected chi connectivity index (χ0v) is 16.2. The lowest BCUT2D eigenvalue weighted by Gasteiger charge is -2.26. The van der Waals surface area contributed by atoms with Crippen molar-refractivity contribution >= 4 is 0 Å². The molecule has 1 aliphatic rings. The van der Waals surface area contributed by atoms with Crippen LogP contribution in [0.25, 0.3) is 0 Å². The van der Waals surface area contributed by atoms with E-state index in [0.717, 1.165) is 5.56 Å². The second kappa shape index (κ2) is 8.68.